The Bertz CT molecular complexity index is 1240. The fourth-order valence-corrected chi connectivity index (χ4v) is 2.89. The Morgan fingerprint density at radius 2 is 1.81 bits per heavy atom. The van der Waals surface area contributed by atoms with Gasteiger partial charge in [-0.3, -0.25) is 4.79 Å². The first-order valence-corrected chi connectivity index (χ1v) is 9.59. The number of halogens is 1. The summed E-state index contributed by atoms with van der Waals surface area (Å²) in [5.41, 5.74) is 8.89. The number of anilines is 3. The number of amides is 1. The number of carbonyl (C=O) groups excluding carboxylic acids is 1. The molecule has 2 aromatic carbocycles. The van der Waals surface area contributed by atoms with Crippen LogP contribution in [0.1, 0.15) is 14.6 Å². The molecule has 3 N–H and O–H groups in total. The van der Waals surface area contributed by atoms with E-state index in [0.717, 1.165) is 11.3 Å². The largest absolute Gasteiger partial charge is 0.401 e. The van der Waals surface area contributed by atoms with Crippen molar-refractivity contribution in [3.63, 3.8) is 0 Å². The van der Waals surface area contributed by atoms with Gasteiger partial charge in [0.15, 0.2) is 11.5 Å². The van der Waals surface area contributed by atoms with Crippen molar-refractivity contribution in [1.82, 2.24) is 25.1 Å². The Labute approximate surface area is 187 Å². The predicted octanol–water partition coefficient (Wildman–Crippen LogP) is 4.61. The lowest BCUT2D eigenvalue weighted by Crippen LogP contribution is -2.21. The molecule has 0 atom stereocenters. The lowest BCUT2D eigenvalue weighted by atomic mass is 10.1. The van der Waals surface area contributed by atoms with Gasteiger partial charge in [0.25, 0.3) is 11.8 Å². The third-order valence-electron chi connectivity index (χ3n) is 4.36. The van der Waals surface area contributed by atoms with Crippen LogP contribution in [0.5, 0.6) is 0 Å². The minimum atomic E-state index is -0.0813. The Balaban J connectivity index is 0.00000193. The molecule has 0 radical (unpaired) electrons. The Hall–Kier alpha value is -3.98. The van der Waals surface area contributed by atoms with Crippen molar-refractivity contribution in [2.45, 2.75) is 0 Å². The van der Waals surface area contributed by atoms with Crippen LogP contribution >= 0.6 is 11.6 Å². The maximum absolute atomic E-state index is 12.1. The number of benzene rings is 2. The first-order valence-electron chi connectivity index (χ1n) is 9.22. The first-order chi connectivity index (χ1) is 14.9. The minimum absolute atomic E-state index is 0. The second-order valence-electron chi connectivity index (χ2n) is 6.81. The molecule has 0 bridgehead atoms. The molecule has 162 valence electrons. The number of carbonyl (C=O) groups is 1. The highest BCUT2D eigenvalue weighted by Crippen LogP contribution is 2.27. The van der Waals surface area contributed by atoms with Crippen LogP contribution in [0.4, 0.5) is 17.5 Å². The molecular weight excluding hydrogens is 418 g/mol. The molecule has 0 aliphatic rings. The Morgan fingerprint density at radius 3 is 2.48 bits per heavy atom. The van der Waals surface area contributed by atoms with Gasteiger partial charge in [-0.05, 0) is 36.4 Å². The van der Waals surface area contributed by atoms with Crippen molar-refractivity contribution in [3.8, 4) is 22.8 Å². The number of nitrogens with zero attached hydrogens (tertiary/aromatic N) is 5. The smallest absolute Gasteiger partial charge is 0.320 e. The van der Waals surface area contributed by atoms with E-state index in [2.05, 4.69) is 25.5 Å². The van der Waals surface area contributed by atoms with Crippen molar-refractivity contribution in [1.29, 1.82) is 0 Å². The van der Waals surface area contributed by atoms with Gasteiger partial charge in [-0.2, -0.15) is 0 Å². The van der Waals surface area contributed by atoms with Gasteiger partial charge in [-0.25, -0.2) is 9.97 Å². The highest BCUT2D eigenvalue weighted by molar-refractivity contribution is 6.30. The fraction of sp³-hybridized carbons (Fsp3) is 0.0952. The van der Waals surface area contributed by atoms with Gasteiger partial charge in [0.1, 0.15) is 0 Å². The molecule has 0 unspecified atom stereocenters. The van der Waals surface area contributed by atoms with Gasteiger partial charge in [0, 0.05) is 40.2 Å². The first kappa shape index (κ1) is 20.3. The molecule has 4 aromatic rings. The summed E-state index contributed by atoms with van der Waals surface area (Å²) >= 11 is 5.89. The number of nitrogens with two attached hydrogens (primary N) is 1. The average Bonchev–Trinajstić information content (AvgIpc) is 3.23. The van der Waals surface area contributed by atoms with Crippen LogP contribution in [0, 0.1) is 0 Å². The summed E-state index contributed by atoms with van der Waals surface area (Å²) < 4.78 is 5.65. The fourth-order valence-electron chi connectivity index (χ4n) is 2.76. The molecule has 0 saturated carbocycles. The van der Waals surface area contributed by atoms with E-state index in [1.165, 1.54) is 4.90 Å². The molecule has 0 fully saturated rings. The summed E-state index contributed by atoms with van der Waals surface area (Å²) in [5, 5.41) is 11.6. The standard InChI is InChI=1S/C21H18ClN7O2.3H2/c1-29(2)20(30)13-5-3-12(4-6-13)16-11-24-18(23)17(26-16)19-27-28-21(31-19)25-15-9-7-14(22)8-10-15;;;/h3-11H,1-2H3,(H2,23,24)(H,25,28);3*1H. The van der Waals surface area contributed by atoms with Crippen LogP contribution in [0.2, 0.25) is 5.02 Å². The minimum Gasteiger partial charge on any atom is -0.401 e. The molecule has 2 aromatic heterocycles. The zero-order chi connectivity index (χ0) is 22.0. The van der Waals surface area contributed by atoms with E-state index in [1.807, 2.05) is 0 Å². The monoisotopic (exact) mass is 441 g/mol. The molecule has 9 nitrogen and oxygen atoms in total. The van der Waals surface area contributed by atoms with E-state index >= 15 is 0 Å². The number of rotatable bonds is 5. The van der Waals surface area contributed by atoms with Gasteiger partial charge >= 0.3 is 6.01 Å². The van der Waals surface area contributed by atoms with Crippen molar-refractivity contribution < 1.29 is 13.5 Å². The lowest BCUT2D eigenvalue weighted by Gasteiger charge is -2.10. The third-order valence-corrected chi connectivity index (χ3v) is 4.61. The molecule has 0 aliphatic heterocycles. The molecule has 4 rings (SSSR count). The van der Waals surface area contributed by atoms with E-state index in [-0.39, 0.29) is 33.6 Å². The SMILES string of the molecule is CN(C)C(=O)c1ccc(-c2cnc(N)c(-c3nnc(Nc4ccc(Cl)cc4)o3)n2)cc1.[HH].[HH].[HH]. The maximum atomic E-state index is 12.1. The maximum Gasteiger partial charge on any atom is 0.320 e. The lowest BCUT2D eigenvalue weighted by molar-refractivity contribution is 0.0827. The normalized spacial score (nSPS) is 10.7. The molecule has 2 heterocycles. The van der Waals surface area contributed by atoms with Crippen LogP contribution < -0.4 is 11.1 Å². The molecule has 0 saturated heterocycles. The zero-order valence-electron chi connectivity index (χ0n) is 16.7. The van der Waals surface area contributed by atoms with Crippen LogP contribution in [-0.4, -0.2) is 45.1 Å². The van der Waals surface area contributed by atoms with E-state index in [1.54, 1.807) is 68.8 Å². The molecule has 10 heteroatoms. The molecular formula is C21H24ClN7O2. The second kappa shape index (κ2) is 8.41. The van der Waals surface area contributed by atoms with Gasteiger partial charge in [0.05, 0.1) is 11.9 Å². The number of nitrogens with one attached hydrogen (secondary N) is 1. The van der Waals surface area contributed by atoms with E-state index in [9.17, 15) is 4.79 Å². The Morgan fingerprint density at radius 1 is 1.10 bits per heavy atom. The number of nitrogen functional groups attached to an aromatic ring is 1. The summed E-state index contributed by atoms with van der Waals surface area (Å²) in [6.07, 6.45) is 1.55. The highest BCUT2D eigenvalue weighted by atomic mass is 35.5. The summed E-state index contributed by atoms with van der Waals surface area (Å²) in [6, 6.07) is 14.3. The summed E-state index contributed by atoms with van der Waals surface area (Å²) in [6.45, 7) is 0. The number of hydrogen-bond donors (Lipinski definition) is 2. The predicted molar refractivity (Wildman–Crippen MR) is 124 cm³/mol. The number of hydrogen-bond acceptors (Lipinski definition) is 8. The van der Waals surface area contributed by atoms with Crippen LogP contribution in [0.15, 0.2) is 59.1 Å². The molecule has 1 amide bonds. The van der Waals surface area contributed by atoms with Crippen LogP contribution in [-0.2, 0) is 0 Å². The van der Waals surface area contributed by atoms with Gasteiger partial charge in [0.2, 0.25) is 0 Å². The van der Waals surface area contributed by atoms with E-state index in [0.29, 0.717) is 16.3 Å². The van der Waals surface area contributed by atoms with Crippen LogP contribution in [0.3, 0.4) is 0 Å². The second-order valence-corrected chi connectivity index (χ2v) is 7.25. The highest BCUT2D eigenvalue weighted by Gasteiger charge is 2.16. The van der Waals surface area contributed by atoms with Crippen molar-refractivity contribution in [2.24, 2.45) is 0 Å². The topological polar surface area (TPSA) is 123 Å². The van der Waals surface area contributed by atoms with Gasteiger partial charge in [-0.15, -0.1) is 5.10 Å². The number of aromatic nitrogens is 4. The average molecular weight is 442 g/mol. The van der Waals surface area contributed by atoms with Crippen molar-refractivity contribution >= 4 is 35.0 Å². The molecule has 31 heavy (non-hydrogen) atoms. The zero-order valence-corrected chi connectivity index (χ0v) is 17.5. The van der Waals surface area contributed by atoms with Gasteiger partial charge in [-0.1, -0.05) is 28.8 Å². The summed E-state index contributed by atoms with van der Waals surface area (Å²) in [5.74, 6) is 0.203. The van der Waals surface area contributed by atoms with Crippen LogP contribution in [0.25, 0.3) is 22.8 Å². The molecule has 0 spiro atoms. The molecule has 0 aliphatic carbocycles. The Kier molecular flexibility index (Phi) is 5.50. The van der Waals surface area contributed by atoms with Gasteiger partial charge < -0.3 is 20.4 Å². The quantitative estimate of drug-likeness (QED) is 0.460. The van der Waals surface area contributed by atoms with Crippen molar-refractivity contribution in [2.75, 3.05) is 25.1 Å². The van der Waals surface area contributed by atoms with E-state index in [4.69, 9.17) is 21.8 Å². The summed E-state index contributed by atoms with van der Waals surface area (Å²) in [7, 11) is 3.41. The summed E-state index contributed by atoms with van der Waals surface area (Å²) in [4.78, 5) is 22.3. The van der Waals surface area contributed by atoms with Crippen molar-refractivity contribution in [3.05, 3.63) is 65.3 Å². The third kappa shape index (κ3) is 4.46. The van der Waals surface area contributed by atoms with E-state index < -0.39 is 0 Å².